The Balaban J connectivity index is 1.68. The summed E-state index contributed by atoms with van der Waals surface area (Å²) in [5, 5.41) is 7.83. The Labute approximate surface area is 241 Å². The molecule has 0 saturated carbocycles. The van der Waals surface area contributed by atoms with Crippen molar-refractivity contribution in [2.45, 2.75) is 91.1 Å². The molecular formula is C37H45N3. The molecule has 1 aromatic heterocycles. The van der Waals surface area contributed by atoms with Crippen LogP contribution in [0.1, 0.15) is 112 Å². The van der Waals surface area contributed by atoms with E-state index in [1.165, 1.54) is 44.8 Å². The zero-order valence-electron chi connectivity index (χ0n) is 25.3. The fraction of sp³-hybridized carbons (Fsp3) is 0.378. The van der Waals surface area contributed by atoms with Crippen LogP contribution in [0.5, 0.6) is 0 Å². The lowest BCUT2D eigenvalue weighted by atomic mass is 9.88. The predicted molar refractivity (Wildman–Crippen MR) is 172 cm³/mol. The molecule has 208 valence electrons. The minimum atomic E-state index is -0.0811. The summed E-state index contributed by atoms with van der Waals surface area (Å²) in [5.41, 5.74) is 12.5. The molecule has 3 aromatic carbocycles. The molecular weight excluding hydrogens is 486 g/mol. The van der Waals surface area contributed by atoms with E-state index in [4.69, 9.17) is 4.98 Å². The standard InChI is InChI=1S/C37H45N3/c1-23(2)28-14-8-9-15-31(28)37(40-36-29(24(3)4)16-11-17-30(36)25(5)6)34-20-12-19-33(39-34)32-18-10-13-27-22-21-26(7)38-35(27)32/h8-20,23-26,37-38,40H,21-22H2,1-7H3/t26?,37-/m0/s1. The molecule has 4 aromatic rings. The summed E-state index contributed by atoms with van der Waals surface area (Å²) in [6.45, 7) is 16.0. The molecule has 3 heteroatoms. The zero-order valence-corrected chi connectivity index (χ0v) is 25.3. The normalized spacial score (nSPS) is 15.7. The van der Waals surface area contributed by atoms with Crippen molar-refractivity contribution in [3.8, 4) is 11.3 Å². The van der Waals surface area contributed by atoms with Crippen LogP contribution in [0, 0.1) is 0 Å². The Bertz CT molecular complexity index is 1440. The van der Waals surface area contributed by atoms with E-state index in [1.54, 1.807) is 0 Å². The number of aromatic nitrogens is 1. The van der Waals surface area contributed by atoms with Crippen molar-refractivity contribution in [2.24, 2.45) is 0 Å². The monoisotopic (exact) mass is 531 g/mol. The molecule has 1 unspecified atom stereocenters. The molecule has 0 bridgehead atoms. The number of hydrogen-bond donors (Lipinski definition) is 2. The van der Waals surface area contributed by atoms with E-state index in [1.807, 2.05) is 0 Å². The van der Waals surface area contributed by atoms with Crippen molar-refractivity contribution in [3.63, 3.8) is 0 Å². The van der Waals surface area contributed by atoms with Crippen LogP contribution in [0.3, 0.4) is 0 Å². The van der Waals surface area contributed by atoms with Crippen molar-refractivity contribution < 1.29 is 0 Å². The van der Waals surface area contributed by atoms with E-state index in [0.29, 0.717) is 23.8 Å². The highest BCUT2D eigenvalue weighted by atomic mass is 15.0. The van der Waals surface area contributed by atoms with Crippen molar-refractivity contribution in [1.82, 2.24) is 4.98 Å². The molecule has 5 rings (SSSR count). The van der Waals surface area contributed by atoms with Crippen LogP contribution in [0.25, 0.3) is 11.3 Å². The van der Waals surface area contributed by atoms with E-state index in [9.17, 15) is 0 Å². The van der Waals surface area contributed by atoms with E-state index in [-0.39, 0.29) is 6.04 Å². The van der Waals surface area contributed by atoms with Gasteiger partial charge in [0.05, 0.1) is 17.4 Å². The summed E-state index contributed by atoms with van der Waals surface area (Å²) in [5.74, 6) is 1.22. The minimum Gasteiger partial charge on any atom is -0.382 e. The lowest BCUT2D eigenvalue weighted by Crippen LogP contribution is -2.22. The molecule has 1 aliphatic heterocycles. The summed E-state index contributed by atoms with van der Waals surface area (Å²) in [4.78, 5) is 5.40. The second-order valence-corrected chi connectivity index (χ2v) is 12.4. The summed E-state index contributed by atoms with van der Waals surface area (Å²) in [6.07, 6.45) is 2.27. The number of pyridine rings is 1. The molecule has 2 atom stereocenters. The first-order valence-electron chi connectivity index (χ1n) is 15.1. The van der Waals surface area contributed by atoms with Gasteiger partial charge in [0.25, 0.3) is 0 Å². The number of para-hydroxylation sites is 2. The van der Waals surface area contributed by atoms with Crippen LogP contribution in [-0.4, -0.2) is 11.0 Å². The van der Waals surface area contributed by atoms with Gasteiger partial charge in [-0.25, -0.2) is 0 Å². The highest BCUT2D eigenvalue weighted by Crippen LogP contribution is 2.40. The predicted octanol–water partition coefficient (Wildman–Crippen LogP) is 10.1. The Morgan fingerprint density at radius 3 is 1.98 bits per heavy atom. The minimum absolute atomic E-state index is 0.0811. The largest absolute Gasteiger partial charge is 0.382 e. The van der Waals surface area contributed by atoms with Crippen LogP contribution in [0.4, 0.5) is 11.4 Å². The average Bonchev–Trinajstić information content (AvgIpc) is 2.95. The number of nitrogens with zero attached hydrogens (tertiary/aromatic N) is 1. The number of fused-ring (bicyclic) bond motifs is 1. The van der Waals surface area contributed by atoms with Crippen LogP contribution in [0.2, 0.25) is 0 Å². The molecule has 0 aliphatic carbocycles. The molecule has 0 amide bonds. The van der Waals surface area contributed by atoms with Gasteiger partial charge in [0.15, 0.2) is 0 Å². The maximum Gasteiger partial charge on any atom is 0.0943 e. The van der Waals surface area contributed by atoms with Gasteiger partial charge in [-0.3, -0.25) is 4.98 Å². The third-order valence-corrected chi connectivity index (χ3v) is 8.32. The van der Waals surface area contributed by atoms with E-state index >= 15 is 0 Å². The van der Waals surface area contributed by atoms with Gasteiger partial charge in [0.2, 0.25) is 0 Å². The van der Waals surface area contributed by atoms with Crippen LogP contribution < -0.4 is 10.6 Å². The summed E-state index contributed by atoms with van der Waals surface area (Å²) in [6, 6.07) is 29.2. The summed E-state index contributed by atoms with van der Waals surface area (Å²) >= 11 is 0. The first-order chi connectivity index (χ1) is 19.2. The van der Waals surface area contributed by atoms with Gasteiger partial charge in [-0.2, -0.15) is 0 Å². The van der Waals surface area contributed by atoms with Crippen molar-refractivity contribution in [3.05, 3.63) is 112 Å². The highest BCUT2D eigenvalue weighted by Gasteiger charge is 2.25. The lowest BCUT2D eigenvalue weighted by Gasteiger charge is -2.29. The Morgan fingerprint density at radius 2 is 1.30 bits per heavy atom. The lowest BCUT2D eigenvalue weighted by molar-refractivity contribution is 0.681. The molecule has 0 saturated heterocycles. The third-order valence-electron chi connectivity index (χ3n) is 8.32. The SMILES string of the molecule is CC1CCc2cccc(-c3cccc([C@@H](Nc4c(C(C)C)cccc4C(C)C)c4ccccc4C(C)C)n3)c2N1. The summed E-state index contributed by atoms with van der Waals surface area (Å²) < 4.78 is 0. The number of hydrogen-bond acceptors (Lipinski definition) is 3. The fourth-order valence-electron chi connectivity index (χ4n) is 6.12. The highest BCUT2D eigenvalue weighted by molar-refractivity contribution is 5.79. The van der Waals surface area contributed by atoms with Crippen molar-refractivity contribution >= 4 is 11.4 Å². The number of rotatable bonds is 8. The Hall–Kier alpha value is -3.59. The van der Waals surface area contributed by atoms with E-state index < -0.39 is 0 Å². The van der Waals surface area contributed by atoms with Crippen LogP contribution in [-0.2, 0) is 6.42 Å². The molecule has 40 heavy (non-hydrogen) atoms. The van der Waals surface area contributed by atoms with E-state index in [2.05, 4.69) is 138 Å². The number of aryl methyl sites for hydroxylation is 1. The van der Waals surface area contributed by atoms with Crippen LogP contribution in [0.15, 0.2) is 78.9 Å². The first kappa shape index (κ1) is 28.0. The van der Waals surface area contributed by atoms with Crippen molar-refractivity contribution in [2.75, 3.05) is 10.6 Å². The molecule has 3 nitrogen and oxygen atoms in total. The summed E-state index contributed by atoms with van der Waals surface area (Å²) in [7, 11) is 0. The van der Waals surface area contributed by atoms with Gasteiger partial charge in [-0.1, -0.05) is 108 Å². The second-order valence-electron chi connectivity index (χ2n) is 12.4. The topological polar surface area (TPSA) is 37.0 Å². The van der Waals surface area contributed by atoms with E-state index in [0.717, 1.165) is 24.2 Å². The van der Waals surface area contributed by atoms with Gasteiger partial charge in [0.1, 0.15) is 0 Å². The van der Waals surface area contributed by atoms with Gasteiger partial charge in [0, 0.05) is 23.0 Å². The molecule has 0 spiro atoms. The first-order valence-corrected chi connectivity index (χ1v) is 15.1. The van der Waals surface area contributed by atoms with Gasteiger partial charge >= 0.3 is 0 Å². The zero-order chi connectivity index (χ0) is 28.4. The smallest absolute Gasteiger partial charge is 0.0943 e. The second kappa shape index (κ2) is 11.9. The Morgan fingerprint density at radius 1 is 0.700 bits per heavy atom. The van der Waals surface area contributed by atoms with Crippen LogP contribution >= 0.6 is 0 Å². The van der Waals surface area contributed by atoms with Gasteiger partial charge < -0.3 is 10.6 Å². The molecule has 1 aliphatic rings. The molecule has 0 fully saturated rings. The maximum absolute atomic E-state index is 5.40. The van der Waals surface area contributed by atoms with Gasteiger partial charge in [-0.05, 0) is 77.5 Å². The van der Waals surface area contributed by atoms with Gasteiger partial charge in [-0.15, -0.1) is 0 Å². The Kier molecular flexibility index (Phi) is 8.30. The molecule has 0 radical (unpaired) electrons. The number of anilines is 2. The number of nitrogens with one attached hydrogen (secondary N) is 2. The number of benzene rings is 3. The average molecular weight is 532 g/mol. The van der Waals surface area contributed by atoms with Crippen molar-refractivity contribution in [1.29, 1.82) is 0 Å². The quantitative estimate of drug-likeness (QED) is 0.237. The molecule has 2 heterocycles. The maximum atomic E-state index is 5.40. The molecule has 2 N–H and O–H groups in total. The third kappa shape index (κ3) is 5.66. The fourth-order valence-corrected chi connectivity index (χ4v) is 6.12.